The average molecular weight is 338 g/mol. The highest BCUT2D eigenvalue weighted by Gasteiger charge is 2.14. The van der Waals surface area contributed by atoms with Crippen LogP contribution < -0.4 is 10.5 Å². The lowest BCUT2D eigenvalue weighted by atomic mass is 9.99. The molecule has 1 atom stereocenters. The molecular weight excluding hydrogens is 321 g/mol. The van der Waals surface area contributed by atoms with E-state index in [4.69, 9.17) is 10.5 Å². The molecule has 20 heavy (non-hydrogen) atoms. The summed E-state index contributed by atoms with van der Waals surface area (Å²) >= 11 is 3.41. The van der Waals surface area contributed by atoms with Crippen LogP contribution in [0.5, 0.6) is 5.75 Å². The van der Waals surface area contributed by atoms with E-state index >= 15 is 0 Å². The molecule has 0 aliphatic heterocycles. The van der Waals surface area contributed by atoms with Crippen molar-refractivity contribution in [3.63, 3.8) is 0 Å². The van der Waals surface area contributed by atoms with Crippen molar-refractivity contribution >= 4 is 15.9 Å². The highest BCUT2D eigenvalue weighted by molar-refractivity contribution is 9.10. The maximum atomic E-state index is 13.4. The van der Waals surface area contributed by atoms with Crippen molar-refractivity contribution in [2.45, 2.75) is 26.0 Å². The first kappa shape index (κ1) is 15.0. The lowest BCUT2D eigenvalue weighted by molar-refractivity contribution is 0.242. The van der Waals surface area contributed by atoms with E-state index in [9.17, 15) is 4.39 Å². The molecule has 0 radical (unpaired) electrons. The number of halogens is 2. The van der Waals surface area contributed by atoms with Gasteiger partial charge in [-0.1, -0.05) is 28.1 Å². The number of hydrogen-bond donors (Lipinski definition) is 1. The van der Waals surface area contributed by atoms with Crippen molar-refractivity contribution in [2.75, 3.05) is 0 Å². The number of ether oxygens (including phenoxy) is 1. The van der Waals surface area contributed by atoms with Gasteiger partial charge in [0.1, 0.15) is 11.6 Å². The van der Waals surface area contributed by atoms with Gasteiger partial charge in [-0.2, -0.15) is 0 Å². The van der Waals surface area contributed by atoms with Gasteiger partial charge in [-0.3, -0.25) is 0 Å². The fourth-order valence-electron chi connectivity index (χ4n) is 1.99. The Hall–Kier alpha value is -1.39. The minimum Gasteiger partial charge on any atom is -0.491 e. The lowest BCUT2D eigenvalue weighted by Crippen LogP contribution is -2.13. The van der Waals surface area contributed by atoms with E-state index in [2.05, 4.69) is 15.9 Å². The number of benzene rings is 2. The Morgan fingerprint density at radius 3 is 2.60 bits per heavy atom. The molecule has 0 aromatic heterocycles. The van der Waals surface area contributed by atoms with Gasteiger partial charge >= 0.3 is 0 Å². The van der Waals surface area contributed by atoms with E-state index in [1.165, 1.54) is 12.1 Å². The zero-order valence-corrected chi connectivity index (χ0v) is 13.0. The third-order valence-electron chi connectivity index (χ3n) is 2.88. The summed E-state index contributed by atoms with van der Waals surface area (Å²) in [5.41, 5.74) is 7.83. The van der Waals surface area contributed by atoms with Gasteiger partial charge in [-0.25, -0.2) is 4.39 Å². The second kappa shape index (κ2) is 6.37. The lowest BCUT2D eigenvalue weighted by Gasteiger charge is -2.16. The Morgan fingerprint density at radius 1 is 1.15 bits per heavy atom. The highest BCUT2D eigenvalue weighted by atomic mass is 79.9. The van der Waals surface area contributed by atoms with E-state index in [1.807, 2.05) is 38.1 Å². The van der Waals surface area contributed by atoms with Crippen LogP contribution in [0.3, 0.4) is 0 Å². The van der Waals surface area contributed by atoms with Crippen molar-refractivity contribution < 1.29 is 9.13 Å². The molecule has 0 fully saturated rings. The Labute approximate surface area is 126 Å². The van der Waals surface area contributed by atoms with Crippen LogP contribution in [0, 0.1) is 5.82 Å². The maximum absolute atomic E-state index is 13.4. The molecule has 0 aliphatic carbocycles. The van der Waals surface area contributed by atoms with Crippen molar-refractivity contribution in [2.24, 2.45) is 5.73 Å². The zero-order valence-electron chi connectivity index (χ0n) is 11.4. The Bertz CT molecular complexity index is 601. The van der Waals surface area contributed by atoms with E-state index in [1.54, 1.807) is 6.07 Å². The first-order valence-corrected chi connectivity index (χ1v) is 7.24. The fraction of sp³-hybridized carbons (Fsp3) is 0.250. The van der Waals surface area contributed by atoms with Gasteiger partial charge < -0.3 is 10.5 Å². The minimum atomic E-state index is -0.407. The maximum Gasteiger partial charge on any atom is 0.123 e. The SMILES string of the molecule is CC(C)Oc1cccc(C(N)c2cc(F)ccc2Br)c1. The first-order valence-electron chi connectivity index (χ1n) is 6.44. The Kier molecular flexibility index (Phi) is 4.78. The molecule has 1 unspecified atom stereocenters. The fourth-order valence-corrected chi connectivity index (χ4v) is 2.48. The van der Waals surface area contributed by atoms with E-state index < -0.39 is 6.04 Å². The summed E-state index contributed by atoms with van der Waals surface area (Å²) in [5.74, 6) is 0.466. The van der Waals surface area contributed by atoms with E-state index in [0.29, 0.717) is 5.56 Å². The summed E-state index contributed by atoms with van der Waals surface area (Å²) in [4.78, 5) is 0. The van der Waals surface area contributed by atoms with Gasteiger partial charge in [0, 0.05) is 4.47 Å². The van der Waals surface area contributed by atoms with Gasteiger partial charge in [0.05, 0.1) is 12.1 Å². The molecular formula is C16H17BrFNO. The van der Waals surface area contributed by atoms with Gasteiger partial charge in [0.15, 0.2) is 0 Å². The number of hydrogen-bond acceptors (Lipinski definition) is 2. The molecule has 0 aliphatic rings. The summed E-state index contributed by atoms with van der Waals surface area (Å²) in [5, 5.41) is 0. The third-order valence-corrected chi connectivity index (χ3v) is 3.60. The third kappa shape index (κ3) is 3.58. The summed E-state index contributed by atoms with van der Waals surface area (Å²) in [7, 11) is 0. The van der Waals surface area contributed by atoms with Gasteiger partial charge in [-0.05, 0) is 55.3 Å². The smallest absolute Gasteiger partial charge is 0.123 e. The van der Waals surface area contributed by atoms with Crippen LogP contribution in [-0.4, -0.2) is 6.10 Å². The summed E-state index contributed by atoms with van der Waals surface area (Å²) < 4.78 is 19.8. The molecule has 0 saturated carbocycles. The quantitative estimate of drug-likeness (QED) is 0.895. The molecule has 106 valence electrons. The van der Waals surface area contributed by atoms with Crippen LogP contribution in [0.2, 0.25) is 0 Å². The zero-order chi connectivity index (χ0) is 14.7. The molecule has 2 aromatic carbocycles. The number of nitrogens with two attached hydrogens (primary N) is 1. The molecule has 2 rings (SSSR count). The van der Waals surface area contributed by atoms with Crippen LogP contribution >= 0.6 is 15.9 Å². The summed E-state index contributed by atoms with van der Waals surface area (Å²) in [6.45, 7) is 3.94. The molecule has 2 N–H and O–H groups in total. The minimum absolute atomic E-state index is 0.0994. The Morgan fingerprint density at radius 2 is 1.90 bits per heavy atom. The van der Waals surface area contributed by atoms with Gasteiger partial charge in [-0.15, -0.1) is 0 Å². The summed E-state index contributed by atoms with van der Waals surface area (Å²) in [6, 6.07) is 11.7. The van der Waals surface area contributed by atoms with Gasteiger partial charge in [0.25, 0.3) is 0 Å². The monoisotopic (exact) mass is 337 g/mol. The first-order chi connectivity index (χ1) is 9.47. The molecule has 0 spiro atoms. The molecule has 0 saturated heterocycles. The average Bonchev–Trinajstić information content (AvgIpc) is 2.40. The molecule has 0 amide bonds. The second-order valence-electron chi connectivity index (χ2n) is 4.88. The largest absolute Gasteiger partial charge is 0.491 e. The Balaban J connectivity index is 2.33. The van der Waals surface area contributed by atoms with Crippen LogP contribution in [0.15, 0.2) is 46.9 Å². The molecule has 0 bridgehead atoms. The molecule has 2 aromatic rings. The van der Waals surface area contributed by atoms with E-state index in [0.717, 1.165) is 15.8 Å². The van der Waals surface area contributed by atoms with Crippen molar-refractivity contribution in [3.05, 3.63) is 63.9 Å². The van der Waals surface area contributed by atoms with Gasteiger partial charge in [0.2, 0.25) is 0 Å². The van der Waals surface area contributed by atoms with Crippen LogP contribution in [0.4, 0.5) is 4.39 Å². The van der Waals surface area contributed by atoms with Crippen molar-refractivity contribution in [1.82, 2.24) is 0 Å². The topological polar surface area (TPSA) is 35.2 Å². The normalized spacial score (nSPS) is 12.5. The van der Waals surface area contributed by atoms with Crippen LogP contribution in [0.25, 0.3) is 0 Å². The van der Waals surface area contributed by atoms with Crippen molar-refractivity contribution in [3.8, 4) is 5.75 Å². The second-order valence-corrected chi connectivity index (χ2v) is 5.74. The van der Waals surface area contributed by atoms with Crippen molar-refractivity contribution in [1.29, 1.82) is 0 Å². The molecule has 4 heteroatoms. The van der Waals surface area contributed by atoms with E-state index in [-0.39, 0.29) is 11.9 Å². The number of rotatable bonds is 4. The predicted molar refractivity (Wildman–Crippen MR) is 82.3 cm³/mol. The standard InChI is InChI=1S/C16H17BrFNO/c1-10(2)20-13-5-3-4-11(8-13)16(19)14-9-12(18)6-7-15(14)17/h3-10,16H,19H2,1-2H3. The van der Waals surface area contributed by atoms with Crippen LogP contribution in [-0.2, 0) is 0 Å². The summed E-state index contributed by atoms with van der Waals surface area (Å²) in [6.07, 6.45) is 0.0994. The molecule has 0 heterocycles. The predicted octanol–water partition coefficient (Wildman–Crippen LogP) is 4.42. The van der Waals surface area contributed by atoms with Crippen LogP contribution in [0.1, 0.15) is 31.0 Å². The molecule has 2 nitrogen and oxygen atoms in total. The highest BCUT2D eigenvalue weighted by Crippen LogP contribution is 2.29.